The minimum absolute atomic E-state index is 0.187. The molecule has 2 nitrogen and oxygen atoms in total. The molecule has 0 aromatic heterocycles. The summed E-state index contributed by atoms with van der Waals surface area (Å²) in [6.45, 7) is 7.08. The Balaban J connectivity index is 3.85. The Hall–Kier alpha value is -0.240. The van der Waals surface area contributed by atoms with Crippen molar-refractivity contribution in [2.45, 2.75) is 33.3 Å². The van der Waals surface area contributed by atoms with Gasteiger partial charge < -0.3 is 4.74 Å². The van der Waals surface area contributed by atoms with Crippen molar-refractivity contribution in [2.24, 2.45) is 5.41 Å². The second-order valence-corrected chi connectivity index (χ2v) is 3.69. The second kappa shape index (κ2) is 3.24. The van der Waals surface area contributed by atoms with Gasteiger partial charge in [-0.3, -0.25) is 4.79 Å². The fourth-order valence-electron chi connectivity index (χ4n) is 0.322. The smallest absolute Gasteiger partial charge is 0.304 e. The molecule has 0 aliphatic heterocycles. The standard InChI is InChI=1S/C7H13ClO2/c1-5(9)10-6(8)7(2,3)4/h6H,1-4H3. The van der Waals surface area contributed by atoms with Crippen LogP contribution in [0.5, 0.6) is 0 Å². The van der Waals surface area contributed by atoms with Crippen molar-refractivity contribution in [3.63, 3.8) is 0 Å². The number of esters is 1. The summed E-state index contributed by atoms with van der Waals surface area (Å²) < 4.78 is 4.74. The van der Waals surface area contributed by atoms with Crippen LogP contribution < -0.4 is 0 Å². The quantitative estimate of drug-likeness (QED) is 0.439. The molecule has 60 valence electrons. The molecule has 0 fully saturated rings. The summed E-state index contributed by atoms with van der Waals surface area (Å²) in [5.74, 6) is -0.338. The van der Waals surface area contributed by atoms with E-state index in [1.165, 1.54) is 6.92 Å². The molecule has 1 unspecified atom stereocenters. The van der Waals surface area contributed by atoms with Crippen LogP contribution in [-0.2, 0) is 9.53 Å². The van der Waals surface area contributed by atoms with Crippen LogP contribution >= 0.6 is 11.6 Å². The lowest BCUT2D eigenvalue weighted by Gasteiger charge is -2.23. The Kier molecular flexibility index (Phi) is 3.16. The summed E-state index contributed by atoms with van der Waals surface area (Å²) in [6.07, 6.45) is 0. The van der Waals surface area contributed by atoms with Crippen molar-refractivity contribution in [2.75, 3.05) is 0 Å². The van der Waals surface area contributed by atoms with Crippen LogP contribution in [0, 0.1) is 5.41 Å². The molecule has 3 heteroatoms. The molecule has 0 aliphatic rings. The number of rotatable bonds is 1. The van der Waals surface area contributed by atoms with Crippen LogP contribution in [0.1, 0.15) is 27.7 Å². The molecule has 0 radical (unpaired) electrons. The van der Waals surface area contributed by atoms with Crippen molar-refractivity contribution >= 4 is 17.6 Å². The van der Waals surface area contributed by atoms with E-state index in [1.807, 2.05) is 20.8 Å². The predicted molar refractivity (Wildman–Crippen MR) is 40.9 cm³/mol. The van der Waals surface area contributed by atoms with E-state index in [0.29, 0.717) is 0 Å². The number of hydrogen-bond acceptors (Lipinski definition) is 2. The number of alkyl halides is 1. The van der Waals surface area contributed by atoms with Gasteiger partial charge in [0.25, 0.3) is 0 Å². The maximum absolute atomic E-state index is 10.4. The Morgan fingerprint density at radius 2 is 1.90 bits per heavy atom. The minimum atomic E-state index is -0.537. The molecule has 0 amide bonds. The van der Waals surface area contributed by atoms with E-state index < -0.39 is 5.56 Å². The second-order valence-electron chi connectivity index (χ2n) is 3.29. The largest absolute Gasteiger partial charge is 0.446 e. The predicted octanol–water partition coefficient (Wildman–Crippen LogP) is 2.16. The molecule has 0 N–H and O–H groups in total. The molecule has 0 saturated carbocycles. The molecule has 0 aromatic rings. The van der Waals surface area contributed by atoms with Crippen LogP contribution in [0.15, 0.2) is 0 Å². The van der Waals surface area contributed by atoms with Gasteiger partial charge in [0.05, 0.1) is 0 Å². The monoisotopic (exact) mass is 164 g/mol. The Bertz CT molecular complexity index is 126. The fraction of sp³-hybridized carbons (Fsp3) is 0.857. The van der Waals surface area contributed by atoms with Crippen LogP contribution in [0.25, 0.3) is 0 Å². The van der Waals surface area contributed by atoms with E-state index in [9.17, 15) is 4.79 Å². The van der Waals surface area contributed by atoms with Gasteiger partial charge in [-0.2, -0.15) is 0 Å². The number of halogens is 1. The molecule has 0 aromatic carbocycles. The van der Waals surface area contributed by atoms with Gasteiger partial charge in [-0.25, -0.2) is 0 Å². The molecular weight excluding hydrogens is 152 g/mol. The summed E-state index contributed by atoms with van der Waals surface area (Å²) in [6, 6.07) is 0. The maximum atomic E-state index is 10.4. The molecule has 0 bridgehead atoms. The van der Waals surface area contributed by atoms with E-state index >= 15 is 0 Å². The highest BCUT2D eigenvalue weighted by atomic mass is 35.5. The fourth-order valence-corrected chi connectivity index (χ4v) is 0.448. The summed E-state index contributed by atoms with van der Waals surface area (Å²) in [5.41, 5.74) is -0.724. The van der Waals surface area contributed by atoms with Gasteiger partial charge in [-0.1, -0.05) is 32.4 Å². The first-order valence-corrected chi connectivity index (χ1v) is 3.59. The highest BCUT2D eigenvalue weighted by molar-refractivity contribution is 6.20. The van der Waals surface area contributed by atoms with Gasteiger partial charge in [0, 0.05) is 12.3 Å². The molecule has 0 saturated heterocycles. The third-order valence-electron chi connectivity index (χ3n) is 0.950. The highest BCUT2D eigenvalue weighted by Gasteiger charge is 2.24. The van der Waals surface area contributed by atoms with Crippen LogP contribution in [0.4, 0.5) is 0 Å². The molecule has 0 rings (SSSR count). The normalized spacial score (nSPS) is 14.5. The molecule has 0 heterocycles. The first-order valence-electron chi connectivity index (χ1n) is 3.15. The summed E-state index contributed by atoms with van der Waals surface area (Å²) in [7, 11) is 0. The lowest BCUT2D eigenvalue weighted by Crippen LogP contribution is -2.25. The molecule has 10 heavy (non-hydrogen) atoms. The SMILES string of the molecule is CC(=O)OC(Cl)C(C)(C)C. The zero-order valence-electron chi connectivity index (χ0n) is 6.77. The van der Waals surface area contributed by atoms with E-state index in [0.717, 1.165) is 0 Å². The average Bonchev–Trinajstić information content (AvgIpc) is 1.60. The van der Waals surface area contributed by atoms with E-state index in [2.05, 4.69) is 0 Å². The lowest BCUT2D eigenvalue weighted by atomic mass is 9.98. The van der Waals surface area contributed by atoms with Crippen LogP contribution in [-0.4, -0.2) is 11.5 Å². The summed E-state index contributed by atoms with van der Waals surface area (Å²) >= 11 is 5.71. The zero-order chi connectivity index (χ0) is 8.36. The van der Waals surface area contributed by atoms with Gasteiger partial charge in [-0.15, -0.1) is 0 Å². The highest BCUT2D eigenvalue weighted by Crippen LogP contribution is 2.25. The lowest BCUT2D eigenvalue weighted by molar-refractivity contribution is -0.146. The Labute approximate surface area is 66.5 Å². The van der Waals surface area contributed by atoms with Gasteiger partial charge in [0.2, 0.25) is 0 Å². The van der Waals surface area contributed by atoms with Gasteiger partial charge >= 0.3 is 5.97 Å². The maximum Gasteiger partial charge on any atom is 0.304 e. The van der Waals surface area contributed by atoms with E-state index in [4.69, 9.17) is 16.3 Å². The molecule has 0 aliphatic carbocycles. The summed E-state index contributed by atoms with van der Waals surface area (Å²) in [4.78, 5) is 10.4. The van der Waals surface area contributed by atoms with Crippen molar-refractivity contribution in [1.29, 1.82) is 0 Å². The van der Waals surface area contributed by atoms with Crippen molar-refractivity contribution in [1.82, 2.24) is 0 Å². The van der Waals surface area contributed by atoms with Gasteiger partial charge in [-0.05, 0) is 0 Å². The van der Waals surface area contributed by atoms with Crippen molar-refractivity contribution < 1.29 is 9.53 Å². The number of carbonyl (C=O) groups is 1. The summed E-state index contributed by atoms with van der Waals surface area (Å²) in [5, 5.41) is 0. The minimum Gasteiger partial charge on any atom is -0.446 e. The Morgan fingerprint density at radius 3 is 2.00 bits per heavy atom. The van der Waals surface area contributed by atoms with Crippen molar-refractivity contribution in [3.8, 4) is 0 Å². The Morgan fingerprint density at radius 1 is 1.50 bits per heavy atom. The number of hydrogen-bond donors (Lipinski definition) is 0. The molecular formula is C7H13ClO2. The first-order chi connectivity index (χ1) is 4.34. The number of ether oxygens (including phenoxy) is 1. The zero-order valence-corrected chi connectivity index (χ0v) is 7.53. The molecule has 0 spiro atoms. The van der Waals surface area contributed by atoms with Crippen molar-refractivity contribution in [3.05, 3.63) is 0 Å². The van der Waals surface area contributed by atoms with Crippen LogP contribution in [0.2, 0.25) is 0 Å². The van der Waals surface area contributed by atoms with E-state index in [1.54, 1.807) is 0 Å². The average molecular weight is 165 g/mol. The first kappa shape index (κ1) is 9.76. The molecule has 1 atom stereocenters. The van der Waals surface area contributed by atoms with E-state index in [-0.39, 0.29) is 11.4 Å². The third-order valence-corrected chi connectivity index (χ3v) is 1.69. The third kappa shape index (κ3) is 3.72. The van der Waals surface area contributed by atoms with Gasteiger partial charge in [0.1, 0.15) is 0 Å². The topological polar surface area (TPSA) is 26.3 Å². The number of carbonyl (C=O) groups excluding carboxylic acids is 1. The van der Waals surface area contributed by atoms with Gasteiger partial charge in [0.15, 0.2) is 5.56 Å². The van der Waals surface area contributed by atoms with Crippen LogP contribution in [0.3, 0.4) is 0 Å².